The largest absolute Gasteiger partial charge is 0.481 e. The topological polar surface area (TPSA) is 117 Å². The molecule has 1 atom stereocenters. The number of carboxylic acid groups (broad SMARTS) is 1. The van der Waals surface area contributed by atoms with Gasteiger partial charge in [-0.25, -0.2) is 4.79 Å². The number of rotatable bonds is 6. The third-order valence-electron chi connectivity index (χ3n) is 3.87. The maximum Gasteiger partial charge on any atom is 0.343 e. The number of nitrogens with one attached hydrogen (secondary N) is 1. The number of aryl methyl sites for hydroxylation is 1. The highest BCUT2D eigenvalue weighted by atomic mass is 32.2. The number of hydrogen-bond acceptors (Lipinski definition) is 7. The summed E-state index contributed by atoms with van der Waals surface area (Å²) in [5.74, 6) is -1.49. The molecule has 2 aromatic carbocycles. The Bertz CT molecular complexity index is 984. The average molecular weight is 411 g/mol. The van der Waals surface area contributed by atoms with Gasteiger partial charge in [-0.15, -0.1) is 5.10 Å². The van der Waals surface area contributed by atoms with E-state index in [2.05, 4.69) is 15.5 Å². The van der Waals surface area contributed by atoms with E-state index in [-0.39, 0.29) is 11.6 Å². The first-order valence-corrected chi connectivity index (χ1v) is 9.48. The molecule has 0 bridgehead atoms. The molecular formula is C20H17N3O5S. The second-order valence-corrected chi connectivity index (χ2v) is 7.36. The first-order chi connectivity index (χ1) is 13.9. The van der Waals surface area contributed by atoms with E-state index < -0.39 is 23.1 Å². The van der Waals surface area contributed by atoms with Crippen LogP contribution in [-0.2, 0) is 9.59 Å². The number of amidine groups is 1. The van der Waals surface area contributed by atoms with Crippen molar-refractivity contribution in [2.75, 3.05) is 0 Å². The van der Waals surface area contributed by atoms with E-state index in [1.165, 1.54) is 6.21 Å². The van der Waals surface area contributed by atoms with Crippen LogP contribution in [0.15, 0.2) is 58.7 Å². The Labute approximate surface area is 170 Å². The molecule has 0 spiro atoms. The number of carbonyl (C=O) groups is 3. The predicted molar refractivity (Wildman–Crippen MR) is 109 cm³/mol. The third kappa shape index (κ3) is 5.76. The predicted octanol–water partition coefficient (Wildman–Crippen LogP) is 2.61. The zero-order chi connectivity index (χ0) is 20.8. The molecule has 1 heterocycles. The minimum atomic E-state index is -1.05. The number of benzene rings is 2. The summed E-state index contributed by atoms with van der Waals surface area (Å²) in [6.07, 6.45) is 1.19. The van der Waals surface area contributed by atoms with Gasteiger partial charge in [0.25, 0.3) is 0 Å². The maximum absolute atomic E-state index is 12.1. The zero-order valence-corrected chi connectivity index (χ0v) is 16.2. The van der Waals surface area contributed by atoms with Crippen molar-refractivity contribution in [3.63, 3.8) is 0 Å². The summed E-state index contributed by atoms with van der Waals surface area (Å²) >= 11 is 1.03. The second kappa shape index (κ2) is 9.16. The van der Waals surface area contributed by atoms with Crippen molar-refractivity contribution in [3.8, 4) is 5.75 Å². The van der Waals surface area contributed by atoms with E-state index in [9.17, 15) is 14.4 Å². The number of carbonyl (C=O) groups excluding carboxylic acids is 2. The molecule has 1 amide bonds. The van der Waals surface area contributed by atoms with E-state index >= 15 is 0 Å². The first kappa shape index (κ1) is 20.3. The number of nitrogens with zero attached hydrogens (tertiary/aromatic N) is 2. The summed E-state index contributed by atoms with van der Waals surface area (Å²) < 4.78 is 5.33. The van der Waals surface area contributed by atoms with Crippen LogP contribution in [-0.4, -0.2) is 39.6 Å². The van der Waals surface area contributed by atoms with Crippen LogP contribution >= 0.6 is 11.8 Å². The fraction of sp³-hybridized carbons (Fsp3) is 0.150. The van der Waals surface area contributed by atoms with Gasteiger partial charge in [-0.3, -0.25) is 9.59 Å². The summed E-state index contributed by atoms with van der Waals surface area (Å²) in [4.78, 5) is 34.4. The Balaban J connectivity index is 1.56. The zero-order valence-electron chi connectivity index (χ0n) is 15.4. The van der Waals surface area contributed by atoms with Crippen molar-refractivity contribution in [1.29, 1.82) is 0 Å². The molecule has 3 rings (SSSR count). The molecule has 0 radical (unpaired) electrons. The lowest BCUT2D eigenvalue weighted by Gasteiger charge is -2.04. The summed E-state index contributed by atoms with van der Waals surface area (Å²) in [6.45, 7) is 1.94. The summed E-state index contributed by atoms with van der Waals surface area (Å²) in [6, 6.07) is 13.8. The van der Waals surface area contributed by atoms with E-state index in [0.29, 0.717) is 16.9 Å². The molecule has 1 aliphatic heterocycles. The third-order valence-corrected chi connectivity index (χ3v) is 4.94. The van der Waals surface area contributed by atoms with Crippen LogP contribution in [0.3, 0.4) is 0 Å². The van der Waals surface area contributed by atoms with Gasteiger partial charge in [-0.05, 0) is 48.9 Å². The van der Waals surface area contributed by atoms with Gasteiger partial charge < -0.3 is 15.2 Å². The highest BCUT2D eigenvalue weighted by Crippen LogP contribution is 2.22. The minimum absolute atomic E-state index is 0.251. The molecule has 29 heavy (non-hydrogen) atoms. The van der Waals surface area contributed by atoms with Crippen molar-refractivity contribution < 1.29 is 24.2 Å². The minimum Gasteiger partial charge on any atom is -0.481 e. The number of aliphatic carboxylic acids is 1. The van der Waals surface area contributed by atoms with Gasteiger partial charge in [-0.1, -0.05) is 29.5 Å². The molecular weight excluding hydrogens is 394 g/mol. The number of thioether (sulfide) groups is 1. The van der Waals surface area contributed by atoms with E-state index in [1.807, 2.05) is 19.1 Å². The van der Waals surface area contributed by atoms with Crippen molar-refractivity contribution in [1.82, 2.24) is 5.32 Å². The van der Waals surface area contributed by atoms with Crippen LogP contribution in [0.4, 0.5) is 0 Å². The van der Waals surface area contributed by atoms with Gasteiger partial charge in [0.1, 0.15) is 11.0 Å². The number of carboxylic acids is 1. The molecule has 9 heteroatoms. The van der Waals surface area contributed by atoms with Gasteiger partial charge in [0.15, 0.2) is 5.17 Å². The number of ether oxygens (including phenoxy) is 1. The van der Waals surface area contributed by atoms with Gasteiger partial charge in [0, 0.05) is 0 Å². The van der Waals surface area contributed by atoms with Crippen molar-refractivity contribution in [2.24, 2.45) is 10.2 Å². The van der Waals surface area contributed by atoms with Gasteiger partial charge >= 0.3 is 11.9 Å². The lowest BCUT2D eigenvalue weighted by Crippen LogP contribution is -2.26. The van der Waals surface area contributed by atoms with Gasteiger partial charge in [0.2, 0.25) is 5.91 Å². The van der Waals surface area contributed by atoms with Crippen LogP contribution in [0.1, 0.15) is 27.9 Å². The standard InChI is InChI=1S/C20H17N3O5S/c1-12-2-6-14(7-3-12)19(27)28-15-8-4-13(5-9-15)11-21-23-20-22-18(26)16(29-20)10-17(24)25/h2-9,11,16H,10H2,1H3,(H,24,25)(H,22,23,26)/b21-11-/t16-/m1/s1. The van der Waals surface area contributed by atoms with Crippen LogP contribution in [0.25, 0.3) is 0 Å². The molecule has 0 unspecified atom stereocenters. The Morgan fingerprint density at radius 2 is 1.86 bits per heavy atom. The fourth-order valence-electron chi connectivity index (χ4n) is 2.37. The monoisotopic (exact) mass is 411 g/mol. The number of hydrogen-bond donors (Lipinski definition) is 2. The molecule has 0 aromatic heterocycles. The average Bonchev–Trinajstić information content (AvgIpc) is 3.02. The molecule has 2 aromatic rings. The number of esters is 1. The van der Waals surface area contributed by atoms with Crippen LogP contribution in [0.5, 0.6) is 5.75 Å². The number of amides is 1. The highest BCUT2D eigenvalue weighted by molar-refractivity contribution is 8.15. The summed E-state index contributed by atoms with van der Waals surface area (Å²) in [7, 11) is 0. The SMILES string of the molecule is Cc1ccc(C(=O)Oc2ccc(/C=N\N=C3\NC(=O)[C@@H](CC(=O)O)S3)cc2)cc1. The highest BCUT2D eigenvalue weighted by Gasteiger charge is 2.32. The second-order valence-electron chi connectivity index (χ2n) is 6.17. The van der Waals surface area contributed by atoms with E-state index in [0.717, 1.165) is 17.3 Å². The Hall–Kier alpha value is -3.46. The van der Waals surface area contributed by atoms with Gasteiger partial charge in [-0.2, -0.15) is 5.10 Å². The summed E-state index contributed by atoms with van der Waals surface area (Å²) in [5, 5.41) is 18.6. The summed E-state index contributed by atoms with van der Waals surface area (Å²) in [5.41, 5.74) is 2.23. The van der Waals surface area contributed by atoms with Gasteiger partial charge in [0.05, 0.1) is 18.2 Å². The fourth-order valence-corrected chi connectivity index (χ4v) is 3.29. The van der Waals surface area contributed by atoms with Crippen LogP contribution in [0, 0.1) is 6.92 Å². The van der Waals surface area contributed by atoms with Crippen molar-refractivity contribution in [2.45, 2.75) is 18.6 Å². The Kier molecular flexibility index (Phi) is 6.40. The van der Waals surface area contributed by atoms with E-state index in [4.69, 9.17) is 9.84 Å². The quantitative estimate of drug-likeness (QED) is 0.327. The molecule has 0 saturated carbocycles. The Morgan fingerprint density at radius 1 is 1.17 bits per heavy atom. The van der Waals surface area contributed by atoms with Crippen LogP contribution < -0.4 is 10.1 Å². The Morgan fingerprint density at radius 3 is 2.52 bits per heavy atom. The molecule has 1 saturated heterocycles. The van der Waals surface area contributed by atoms with E-state index in [1.54, 1.807) is 36.4 Å². The first-order valence-electron chi connectivity index (χ1n) is 8.60. The normalized spacial score (nSPS) is 17.5. The van der Waals surface area contributed by atoms with Crippen molar-refractivity contribution >= 4 is 41.0 Å². The molecule has 1 fully saturated rings. The maximum atomic E-state index is 12.1. The molecule has 0 aliphatic carbocycles. The smallest absolute Gasteiger partial charge is 0.343 e. The molecule has 1 aliphatic rings. The van der Waals surface area contributed by atoms with Crippen LogP contribution in [0.2, 0.25) is 0 Å². The molecule has 2 N–H and O–H groups in total. The molecule has 148 valence electrons. The molecule has 8 nitrogen and oxygen atoms in total. The lowest BCUT2D eigenvalue weighted by molar-refractivity contribution is -0.138. The lowest BCUT2D eigenvalue weighted by atomic mass is 10.1. The van der Waals surface area contributed by atoms with Crippen molar-refractivity contribution in [3.05, 3.63) is 65.2 Å².